The molecule has 0 aliphatic heterocycles. The first-order valence-electron chi connectivity index (χ1n) is 6.12. The number of aliphatic hydroxyl groups excluding tert-OH is 2. The van der Waals surface area contributed by atoms with E-state index in [0.717, 1.165) is 18.2 Å². The van der Waals surface area contributed by atoms with Crippen LogP contribution in [-0.2, 0) is 10.0 Å². The van der Waals surface area contributed by atoms with Gasteiger partial charge in [-0.05, 0) is 6.07 Å². The van der Waals surface area contributed by atoms with Gasteiger partial charge in [0.25, 0.3) is 11.6 Å². The van der Waals surface area contributed by atoms with Crippen LogP contribution < -0.4 is 10.0 Å². The summed E-state index contributed by atoms with van der Waals surface area (Å²) in [4.78, 5) is 21.6. The molecule has 122 valence electrons. The normalized spacial score (nSPS) is 11.2. The maximum atomic E-state index is 12.1. The molecule has 22 heavy (non-hydrogen) atoms. The summed E-state index contributed by atoms with van der Waals surface area (Å²) in [5, 5.41) is 30.5. The van der Waals surface area contributed by atoms with E-state index in [1.54, 1.807) is 0 Å². The molecule has 1 aromatic carbocycles. The van der Waals surface area contributed by atoms with Gasteiger partial charge in [-0.1, -0.05) is 6.07 Å². The number of rotatable bonds is 8. The van der Waals surface area contributed by atoms with E-state index >= 15 is 0 Å². The predicted molar refractivity (Wildman–Crippen MR) is 74.8 cm³/mol. The van der Waals surface area contributed by atoms with Gasteiger partial charge in [0.2, 0.25) is 10.0 Å². The Hall–Kier alpha value is -2.08. The highest BCUT2D eigenvalue weighted by molar-refractivity contribution is 7.89. The zero-order chi connectivity index (χ0) is 16.8. The summed E-state index contributed by atoms with van der Waals surface area (Å²) >= 11 is 0. The highest BCUT2D eigenvalue weighted by atomic mass is 32.2. The summed E-state index contributed by atoms with van der Waals surface area (Å²) in [6.45, 7) is -1.37. The van der Waals surface area contributed by atoms with E-state index in [-0.39, 0.29) is 13.1 Å². The molecule has 0 bridgehead atoms. The van der Waals surface area contributed by atoms with Gasteiger partial charge in [0, 0.05) is 19.2 Å². The predicted octanol–water partition coefficient (Wildman–Crippen LogP) is -1.41. The summed E-state index contributed by atoms with van der Waals surface area (Å²) in [5.41, 5.74) is -1.31. The van der Waals surface area contributed by atoms with E-state index in [1.165, 1.54) is 0 Å². The molecule has 0 radical (unpaired) electrons. The number of hydrogen-bond donors (Lipinski definition) is 4. The second kappa shape index (κ2) is 7.79. The molecule has 0 fully saturated rings. The number of carbonyl (C=O) groups excluding carboxylic acids is 1. The lowest BCUT2D eigenvalue weighted by Gasteiger charge is -2.11. The molecular formula is C11H15N3O7S. The molecule has 10 nitrogen and oxygen atoms in total. The van der Waals surface area contributed by atoms with E-state index in [0.29, 0.717) is 0 Å². The van der Waals surface area contributed by atoms with Gasteiger partial charge in [-0.3, -0.25) is 14.9 Å². The van der Waals surface area contributed by atoms with Crippen molar-refractivity contribution in [1.82, 2.24) is 10.0 Å². The topological polar surface area (TPSA) is 159 Å². The molecule has 0 aliphatic carbocycles. The van der Waals surface area contributed by atoms with Crippen molar-refractivity contribution in [3.63, 3.8) is 0 Å². The fourth-order valence-corrected chi connectivity index (χ4v) is 2.88. The number of amides is 1. The Bertz CT molecular complexity index is 660. The zero-order valence-corrected chi connectivity index (χ0v) is 12.2. The Balaban J connectivity index is 3.42. The largest absolute Gasteiger partial charge is 0.395 e. The highest BCUT2D eigenvalue weighted by Gasteiger charge is 2.30. The molecule has 0 unspecified atom stereocenters. The van der Waals surface area contributed by atoms with E-state index in [1.807, 2.05) is 4.72 Å². The number of nitrogens with one attached hydrogen (secondary N) is 2. The van der Waals surface area contributed by atoms with Crippen LogP contribution in [-0.4, -0.2) is 55.8 Å². The van der Waals surface area contributed by atoms with E-state index in [4.69, 9.17) is 10.2 Å². The molecule has 0 saturated carbocycles. The molecule has 0 heterocycles. The third kappa shape index (κ3) is 4.21. The van der Waals surface area contributed by atoms with Crippen LogP contribution in [0.4, 0.5) is 5.69 Å². The van der Waals surface area contributed by atoms with Crippen molar-refractivity contribution in [3.8, 4) is 0 Å². The van der Waals surface area contributed by atoms with E-state index < -0.39 is 50.2 Å². The maximum Gasteiger partial charge on any atom is 0.283 e. The summed E-state index contributed by atoms with van der Waals surface area (Å²) in [6, 6.07) is 3.17. The van der Waals surface area contributed by atoms with Crippen molar-refractivity contribution in [1.29, 1.82) is 0 Å². The SMILES string of the molecule is O=C(NCCO)c1c([N+](=O)[O-])cccc1S(=O)(=O)NCCO. The number of aliphatic hydroxyl groups is 2. The van der Waals surface area contributed by atoms with Gasteiger partial charge in [-0.2, -0.15) is 0 Å². The van der Waals surface area contributed by atoms with Gasteiger partial charge in [-0.25, -0.2) is 13.1 Å². The minimum Gasteiger partial charge on any atom is -0.395 e. The van der Waals surface area contributed by atoms with Gasteiger partial charge >= 0.3 is 0 Å². The van der Waals surface area contributed by atoms with Crippen molar-refractivity contribution >= 4 is 21.6 Å². The Kier molecular flexibility index (Phi) is 6.37. The number of carbonyl (C=O) groups is 1. The summed E-state index contributed by atoms with van der Waals surface area (Å²) in [6.07, 6.45) is 0. The standard InChI is InChI=1S/C11H15N3O7S/c15-6-4-12-11(17)10-8(14(18)19)2-1-3-9(10)22(20,21)13-5-7-16/h1-3,13,15-16H,4-7H2,(H,12,17). The molecule has 1 rings (SSSR count). The average Bonchev–Trinajstić information content (AvgIpc) is 2.49. The maximum absolute atomic E-state index is 12.1. The van der Waals surface area contributed by atoms with Crippen molar-refractivity contribution in [3.05, 3.63) is 33.9 Å². The molecule has 0 spiro atoms. The molecule has 4 N–H and O–H groups in total. The number of nitrogens with zero attached hydrogens (tertiary/aromatic N) is 1. The fraction of sp³-hybridized carbons (Fsp3) is 0.364. The van der Waals surface area contributed by atoms with Crippen molar-refractivity contribution in [2.24, 2.45) is 0 Å². The van der Waals surface area contributed by atoms with Crippen LogP contribution in [0.25, 0.3) is 0 Å². The second-order valence-electron chi connectivity index (χ2n) is 4.01. The van der Waals surface area contributed by atoms with Crippen LogP contribution in [0.15, 0.2) is 23.1 Å². The summed E-state index contributed by atoms with van der Waals surface area (Å²) < 4.78 is 26.2. The van der Waals surface area contributed by atoms with Crippen LogP contribution in [0, 0.1) is 10.1 Å². The number of nitro benzene ring substituents is 1. The highest BCUT2D eigenvalue weighted by Crippen LogP contribution is 2.25. The molecule has 0 atom stereocenters. The second-order valence-corrected chi connectivity index (χ2v) is 5.74. The van der Waals surface area contributed by atoms with Crippen LogP contribution in [0.3, 0.4) is 0 Å². The number of nitro groups is 1. The third-order valence-electron chi connectivity index (χ3n) is 2.52. The first-order valence-corrected chi connectivity index (χ1v) is 7.60. The quantitative estimate of drug-likeness (QED) is 0.336. The van der Waals surface area contributed by atoms with Gasteiger partial charge in [-0.15, -0.1) is 0 Å². The first kappa shape index (κ1) is 18.0. The Labute approximate surface area is 126 Å². The monoisotopic (exact) mass is 333 g/mol. The summed E-state index contributed by atoms with van der Waals surface area (Å²) in [5.74, 6) is -0.995. The van der Waals surface area contributed by atoms with Crippen LogP contribution >= 0.6 is 0 Å². The minimum absolute atomic E-state index is 0.186. The average molecular weight is 333 g/mol. The minimum atomic E-state index is -4.22. The first-order chi connectivity index (χ1) is 10.3. The van der Waals surface area contributed by atoms with Gasteiger partial charge < -0.3 is 15.5 Å². The molecule has 1 aromatic rings. The Morgan fingerprint density at radius 3 is 2.41 bits per heavy atom. The van der Waals surface area contributed by atoms with E-state index in [2.05, 4.69) is 5.32 Å². The fourth-order valence-electron chi connectivity index (χ4n) is 1.64. The number of benzene rings is 1. The lowest BCUT2D eigenvalue weighted by molar-refractivity contribution is -0.385. The van der Waals surface area contributed by atoms with Crippen LogP contribution in [0.1, 0.15) is 10.4 Å². The zero-order valence-electron chi connectivity index (χ0n) is 11.4. The van der Waals surface area contributed by atoms with E-state index in [9.17, 15) is 23.3 Å². The molecule has 0 saturated heterocycles. The van der Waals surface area contributed by atoms with Gasteiger partial charge in [0.05, 0.1) is 18.1 Å². The third-order valence-corrected chi connectivity index (χ3v) is 4.02. The summed E-state index contributed by atoms with van der Waals surface area (Å²) in [7, 11) is -4.22. The number of sulfonamides is 1. The van der Waals surface area contributed by atoms with Crippen LogP contribution in [0.5, 0.6) is 0 Å². The molecule has 11 heteroatoms. The molecule has 0 aliphatic rings. The van der Waals surface area contributed by atoms with Gasteiger partial charge in [0.1, 0.15) is 10.5 Å². The van der Waals surface area contributed by atoms with Crippen molar-refractivity contribution in [2.75, 3.05) is 26.3 Å². The molecule has 0 aromatic heterocycles. The smallest absolute Gasteiger partial charge is 0.283 e. The van der Waals surface area contributed by atoms with Crippen molar-refractivity contribution in [2.45, 2.75) is 4.90 Å². The lowest BCUT2D eigenvalue weighted by Crippen LogP contribution is -2.32. The molecular weight excluding hydrogens is 318 g/mol. The Morgan fingerprint density at radius 1 is 1.23 bits per heavy atom. The molecule has 1 amide bonds. The van der Waals surface area contributed by atoms with Gasteiger partial charge in [0.15, 0.2) is 0 Å². The lowest BCUT2D eigenvalue weighted by atomic mass is 10.1. The van der Waals surface area contributed by atoms with Crippen LogP contribution in [0.2, 0.25) is 0 Å². The van der Waals surface area contributed by atoms with Crippen molar-refractivity contribution < 1.29 is 28.3 Å². The number of hydrogen-bond acceptors (Lipinski definition) is 7. The Morgan fingerprint density at radius 2 is 1.86 bits per heavy atom.